The van der Waals surface area contributed by atoms with Gasteiger partial charge in [0.2, 0.25) is 10.0 Å². The Morgan fingerprint density at radius 3 is 2.69 bits per heavy atom. The molecule has 0 aliphatic carbocycles. The summed E-state index contributed by atoms with van der Waals surface area (Å²) in [6.07, 6.45) is 1.21. The van der Waals surface area contributed by atoms with Crippen molar-refractivity contribution in [2.75, 3.05) is 30.3 Å². The van der Waals surface area contributed by atoms with Crippen molar-refractivity contribution in [3.8, 4) is 0 Å². The zero-order valence-electron chi connectivity index (χ0n) is 16.7. The van der Waals surface area contributed by atoms with Crippen LogP contribution in [-0.2, 0) is 27.6 Å². The highest BCUT2D eigenvalue weighted by Crippen LogP contribution is 2.29. The van der Waals surface area contributed by atoms with E-state index >= 15 is 0 Å². The SMILES string of the molecule is CCc1[nH]c(C(=O)NCCS(=O)(=O)N2CCc3ccccc32)c(C)c1C(=O)OC. The van der Waals surface area contributed by atoms with Crippen LogP contribution in [0.3, 0.4) is 0 Å². The van der Waals surface area contributed by atoms with Crippen LogP contribution in [-0.4, -0.2) is 51.2 Å². The van der Waals surface area contributed by atoms with Gasteiger partial charge in [-0.2, -0.15) is 0 Å². The second kappa shape index (κ2) is 8.28. The van der Waals surface area contributed by atoms with Gasteiger partial charge < -0.3 is 15.0 Å². The number of para-hydroxylation sites is 1. The average Bonchev–Trinajstić information content (AvgIpc) is 3.28. The van der Waals surface area contributed by atoms with Gasteiger partial charge in [0.15, 0.2) is 0 Å². The highest BCUT2D eigenvalue weighted by atomic mass is 32.2. The van der Waals surface area contributed by atoms with Crippen molar-refractivity contribution in [1.29, 1.82) is 0 Å². The van der Waals surface area contributed by atoms with Crippen LogP contribution in [0.15, 0.2) is 24.3 Å². The Morgan fingerprint density at radius 2 is 2.00 bits per heavy atom. The molecule has 29 heavy (non-hydrogen) atoms. The fourth-order valence-corrected chi connectivity index (χ4v) is 5.05. The van der Waals surface area contributed by atoms with Crippen LogP contribution in [0.25, 0.3) is 0 Å². The number of sulfonamides is 1. The second-order valence-corrected chi connectivity index (χ2v) is 8.86. The molecular formula is C20H25N3O5S. The van der Waals surface area contributed by atoms with E-state index in [1.807, 2.05) is 25.1 Å². The van der Waals surface area contributed by atoms with E-state index in [1.165, 1.54) is 11.4 Å². The number of ether oxygens (including phenoxy) is 1. The predicted octanol–water partition coefficient (Wildman–Crippen LogP) is 1.79. The van der Waals surface area contributed by atoms with E-state index in [0.29, 0.717) is 41.9 Å². The van der Waals surface area contributed by atoms with Gasteiger partial charge in [0.1, 0.15) is 5.69 Å². The van der Waals surface area contributed by atoms with E-state index in [-0.39, 0.29) is 18.0 Å². The molecule has 8 nitrogen and oxygen atoms in total. The van der Waals surface area contributed by atoms with Gasteiger partial charge >= 0.3 is 5.97 Å². The highest BCUT2D eigenvalue weighted by molar-refractivity contribution is 7.92. The molecule has 0 radical (unpaired) electrons. The average molecular weight is 420 g/mol. The van der Waals surface area contributed by atoms with Crippen molar-refractivity contribution in [1.82, 2.24) is 10.3 Å². The van der Waals surface area contributed by atoms with Crippen molar-refractivity contribution in [3.05, 3.63) is 52.3 Å². The maximum absolute atomic E-state index is 12.7. The molecule has 3 rings (SSSR count). The summed E-state index contributed by atoms with van der Waals surface area (Å²) in [5.41, 5.74) is 3.40. The van der Waals surface area contributed by atoms with Gasteiger partial charge in [-0.15, -0.1) is 0 Å². The summed E-state index contributed by atoms with van der Waals surface area (Å²) < 4.78 is 31.6. The van der Waals surface area contributed by atoms with Gasteiger partial charge in [-0.25, -0.2) is 13.2 Å². The normalized spacial score (nSPS) is 13.3. The number of rotatable bonds is 7. The molecule has 2 aromatic rings. The lowest BCUT2D eigenvalue weighted by Crippen LogP contribution is -2.37. The largest absolute Gasteiger partial charge is 0.465 e. The van der Waals surface area contributed by atoms with E-state index in [0.717, 1.165) is 5.56 Å². The minimum absolute atomic E-state index is 0.0344. The molecule has 0 saturated carbocycles. The zero-order valence-corrected chi connectivity index (χ0v) is 17.6. The number of hydrogen-bond donors (Lipinski definition) is 2. The smallest absolute Gasteiger partial charge is 0.339 e. The van der Waals surface area contributed by atoms with Crippen LogP contribution < -0.4 is 9.62 Å². The number of nitrogens with zero attached hydrogens (tertiary/aromatic N) is 1. The first-order valence-electron chi connectivity index (χ1n) is 9.46. The van der Waals surface area contributed by atoms with Crippen LogP contribution in [0.4, 0.5) is 5.69 Å². The standard InChI is InChI=1S/C20H25N3O5S/c1-4-15-17(20(25)28-3)13(2)18(22-15)19(24)21-10-12-29(26,27)23-11-9-14-7-5-6-8-16(14)23/h5-8,22H,4,9-12H2,1-3H3,(H,21,24). The van der Waals surface area contributed by atoms with E-state index in [4.69, 9.17) is 4.74 Å². The first kappa shape index (κ1) is 20.9. The number of carbonyl (C=O) groups excluding carboxylic acids is 2. The third kappa shape index (κ3) is 4.00. The van der Waals surface area contributed by atoms with E-state index < -0.39 is 21.9 Å². The predicted molar refractivity (Wildman–Crippen MR) is 110 cm³/mol. The number of methoxy groups -OCH3 is 1. The summed E-state index contributed by atoms with van der Waals surface area (Å²) in [7, 11) is -2.27. The number of aromatic nitrogens is 1. The summed E-state index contributed by atoms with van der Waals surface area (Å²) >= 11 is 0. The zero-order chi connectivity index (χ0) is 21.2. The van der Waals surface area contributed by atoms with E-state index in [1.54, 1.807) is 13.0 Å². The van der Waals surface area contributed by atoms with Crippen molar-refractivity contribution >= 4 is 27.6 Å². The van der Waals surface area contributed by atoms with Crippen molar-refractivity contribution in [2.24, 2.45) is 0 Å². The molecule has 0 fully saturated rings. The molecule has 0 spiro atoms. The number of anilines is 1. The summed E-state index contributed by atoms with van der Waals surface area (Å²) in [6.45, 7) is 3.90. The number of hydrogen-bond acceptors (Lipinski definition) is 5. The van der Waals surface area contributed by atoms with Crippen molar-refractivity contribution in [2.45, 2.75) is 26.7 Å². The third-order valence-corrected chi connectivity index (χ3v) is 6.89. The molecule has 2 heterocycles. The number of fused-ring (bicyclic) bond motifs is 1. The maximum atomic E-state index is 12.7. The number of esters is 1. The number of aryl methyl sites for hydroxylation is 1. The van der Waals surface area contributed by atoms with Crippen LogP contribution in [0.5, 0.6) is 0 Å². The minimum atomic E-state index is -3.55. The van der Waals surface area contributed by atoms with Gasteiger partial charge in [-0.05, 0) is 37.0 Å². The Kier molecular flexibility index (Phi) is 5.97. The molecule has 0 atom stereocenters. The third-order valence-electron chi connectivity index (χ3n) is 5.12. The Balaban J connectivity index is 1.68. The monoisotopic (exact) mass is 419 g/mol. The topological polar surface area (TPSA) is 109 Å². The summed E-state index contributed by atoms with van der Waals surface area (Å²) in [6, 6.07) is 7.42. The quantitative estimate of drug-likeness (QED) is 0.665. The molecule has 1 aliphatic rings. The lowest BCUT2D eigenvalue weighted by Gasteiger charge is -2.19. The van der Waals surface area contributed by atoms with Crippen LogP contribution in [0.1, 0.15) is 44.6 Å². The molecule has 9 heteroatoms. The fourth-order valence-electron chi connectivity index (χ4n) is 3.62. The summed E-state index contributed by atoms with van der Waals surface area (Å²) in [5.74, 6) is -1.17. The lowest BCUT2D eigenvalue weighted by atomic mass is 10.1. The highest BCUT2D eigenvalue weighted by Gasteiger charge is 2.29. The van der Waals surface area contributed by atoms with E-state index in [9.17, 15) is 18.0 Å². The van der Waals surface area contributed by atoms with Gasteiger partial charge in [0, 0.05) is 18.8 Å². The van der Waals surface area contributed by atoms with E-state index in [2.05, 4.69) is 10.3 Å². The molecule has 1 aromatic carbocycles. The minimum Gasteiger partial charge on any atom is -0.465 e. The number of amides is 1. The fraction of sp³-hybridized carbons (Fsp3) is 0.400. The lowest BCUT2D eigenvalue weighted by molar-refractivity contribution is 0.0599. The Hall–Kier alpha value is -2.81. The van der Waals surface area contributed by atoms with Crippen molar-refractivity contribution in [3.63, 3.8) is 0 Å². The number of nitrogens with one attached hydrogen (secondary N) is 2. The number of carbonyl (C=O) groups is 2. The molecular weight excluding hydrogens is 394 g/mol. The molecule has 0 unspecified atom stereocenters. The Morgan fingerprint density at radius 1 is 1.28 bits per heavy atom. The molecule has 2 N–H and O–H groups in total. The number of benzene rings is 1. The van der Waals surface area contributed by atoms with Crippen molar-refractivity contribution < 1.29 is 22.7 Å². The van der Waals surface area contributed by atoms with Crippen LogP contribution in [0.2, 0.25) is 0 Å². The summed E-state index contributed by atoms with van der Waals surface area (Å²) in [4.78, 5) is 27.5. The number of aromatic amines is 1. The van der Waals surface area contributed by atoms with Crippen LogP contribution >= 0.6 is 0 Å². The van der Waals surface area contributed by atoms with Crippen LogP contribution in [0, 0.1) is 6.92 Å². The molecule has 156 valence electrons. The summed E-state index contributed by atoms with van der Waals surface area (Å²) in [5, 5.41) is 2.64. The first-order valence-corrected chi connectivity index (χ1v) is 11.1. The molecule has 1 aromatic heterocycles. The molecule has 0 saturated heterocycles. The first-order chi connectivity index (χ1) is 13.8. The maximum Gasteiger partial charge on any atom is 0.339 e. The second-order valence-electron chi connectivity index (χ2n) is 6.85. The molecule has 1 aliphatic heterocycles. The number of H-pyrrole nitrogens is 1. The van der Waals surface area contributed by atoms with Gasteiger partial charge in [0.25, 0.3) is 5.91 Å². The Bertz CT molecular complexity index is 1040. The van der Waals surface area contributed by atoms with Gasteiger partial charge in [-0.3, -0.25) is 9.10 Å². The van der Waals surface area contributed by atoms with Gasteiger partial charge in [0.05, 0.1) is 24.1 Å². The Labute approximate surface area is 170 Å². The molecule has 0 bridgehead atoms. The van der Waals surface area contributed by atoms with Gasteiger partial charge in [-0.1, -0.05) is 25.1 Å². The molecule has 1 amide bonds.